The van der Waals surface area contributed by atoms with Gasteiger partial charge in [-0.15, -0.1) is 11.3 Å². The predicted octanol–water partition coefficient (Wildman–Crippen LogP) is 7.66. The molecule has 0 aliphatic heterocycles. The van der Waals surface area contributed by atoms with Crippen molar-refractivity contribution in [1.29, 1.82) is 0 Å². The minimum absolute atomic E-state index is 0.0175. The summed E-state index contributed by atoms with van der Waals surface area (Å²) < 4.78 is 73.3. The van der Waals surface area contributed by atoms with Crippen molar-refractivity contribution in [2.75, 3.05) is 5.32 Å². The fourth-order valence-electron chi connectivity index (χ4n) is 5.77. The van der Waals surface area contributed by atoms with Crippen molar-refractivity contribution >= 4 is 55.5 Å². The Balaban J connectivity index is 1.43. The van der Waals surface area contributed by atoms with E-state index in [9.17, 15) is 31.5 Å². The van der Waals surface area contributed by atoms with Crippen LogP contribution in [-0.4, -0.2) is 41.2 Å². The van der Waals surface area contributed by atoms with Gasteiger partial charge in [0.05, 0.1) is 23.3 Å². The van der Waals surface area contributed by atoms with Crippen LogP contribution in [0.4, 0.5) is 27.6 Å². The van der Waals surface area contributed by atoms with Gasteiger partial charge in [0.1, 0.15) is 21.0 Å². The Hall–Kier alpha value is -5.77. The first-order valence-electron chi connectivity index (χ1n) is 14.7. The first-order valence-corrected chi connectivity index (χ1v) is 15.5. The normalized spacial score (nSPS) is 12.1. The molecular weight excluding hydrogens is 667 g/mol. The van der Waals surface area contributed by atoms with Crippen molar-refractivity contribution in [3.05, 3.63) is 94.5 Å². The van der Waals surface area contributed by atoms with Gasteiger partial charge in [-0.3, -0.25) is 14.3 Å². The highest BCUT2D eigenvalue weighted by atomic mass is 32.1. The molecule has 0 unspecified atom stereocenters. The summed E-state index contributed by atoms with van der Waals surface area (Å²) in [5, 5.41) is 12.4. The Morgan fingerprint density at radius 1 is 1.02 bits per heavy atom. The van der Waals surface area contributed by atoms with Gasteiger partial charge in [-0.25, -0.2) is 23.3 Å². The van der Waals surface area contributed by atoms with Crippen LogP contribution in [0.3, 0.4) is 0 Å². The summed E-state index contributed by atoms with van der Waals surface area (Å²) in [5.41, 5.74) is 4.48. The van der Waals surface area contributed by atoms with E-state index in [-0.39, 0.29) is 37.6 Å². The molecule has 0 aliphatic rings. The van der Waals surface area contributed by atoms with Gasteiger partial charge in [0.2, 0.25) is 0 Å². The number of rotatable bonds is 7. The number of carbonyl (C=O) groups is 2. The fourth-order valence-corrected chi connectivity index (χ4v) is 6.79. The van der Waals surface area contributed by atoms with E-state index in [2.05, 4.69) is 25.5 Å². The lowest BCUT2D eigenvalue weighted by Gasteiger charge is -2.13. The molecule has 7 rings (SSSR count). The summed E-state index contributed by atoms with van der Waals surface area (Å²) in [7, 11) is 0. The molecule has 0 atom stereocenters. The average molecular weight is 691 g/mol. The number of amides is 2. The number of benzene rings is 2. The molecular formula is C33H23F5N8O2S. The Labute approximate surface area is 277 Å². The number of hydrogen-bond acceptors (Lipinski definition) is 7. The van der Waals surface area contributed by atoms with E-state index in [1.54, 1.807) is 48.1 Å². The molecule has 248 valence electrons. The first-order chi connectivity index (χ1) is 23.3. The molecule has 5 aromatic heterocycles. The monoisotopic (exact) mass is 690 g/mol. The lowest BCUT2D eigenvalue weighted by atomic mass is 10.0. The van der Waals surface area contributed by atoms with E-state index in [1.807, 2.05) is 19.1 Å². The molecule has 10 nitrogen and oxygen atoms in total. The Morgan fingerprint density at radius 3 is 2.47 bits per heavy atom. The molecule has 0 spiro atoms. The summed E-state index contributed by atoms with van der Waals surface area (Å²) in [4.78, 5) is 34.9. The summed E-state index contributed by atoms with van der Waals surface area (Å²) in [6.45, 7) is 3.98. The molecule has 5 heterocycles. The molecule has 0 bridgehead atoms. The number of carbonyl (C=O) groups excluding carboxylic acids is 2. The molecule has 0 saturated heterocycles. The standard InChI is InChI=1S/C33H23F5N8O2S/c1-3-45-14-21(15(2)44-45)19-11-23(28(34)35)42-32-25(19)26(27(49-32)29(39)47)43-31(48)20-13-40-46-24(33(36,37)38)12-22(41-30(20)46)18-10-6-8-16-7-4-5-9-17(16)18/h4-14,28H,3H2,1-2H3,(H2,39,47)(H,43,48). The zero-order chi connectivity index (χ0) is 34.8. The summed E-state index contributed by atoms with van der Waals surface area (Å²) >= 11 is 0.694. The number of primary amides is 1. The van der Waals surface area contributed by atoms with Crippen LogP contribution in [0.1, 0.15) is 50.5 Å². The SMILES string of the molecule is CCn1cc(-c2cc(C(F)F)nc3sc(C(N)=O)c(NC(=O)c4cnn5c(C(F)(F)F)cc(-c6cccc7ccccc67)nc45)c23)c(C)n1. The Kier molecular flexibility index (Phi) is 7.62. The van der Waals surface area contributed by atoms with Gasteiger partial charge in [-0.1, -0.05) is 42.5 Å². The highest BCUT2D eigenvalue weighted by Gasteiger charge is 2.36. The molecule has 16 heteroatoms. The van der Waals surface area contributed by atoms with E-state index in [0.29, 0.717) is 44.6 Å². The summed E-state index contributed by atoms with van der Waals surface area (Å²) in [6.07, 6.45) is -5.28. The predicted molar refractivity (Wildman–Crippen MR) is 174 cm³/mol. The third kappa shape index (κ3) is 5.43. The third-order valence-corrected chi connectivity index (χ3v) is 9.10. The minimum atomic E-state index is -4.88. The van der Waals surface area contributed by atoms with Crippen molar-refractivity contribution in [1.82, 2.24) is 29.4 Å². The lowest BCUT2D eigenvalue weighted by molar-refractivity contribution is -0.142. The fraction of sp³-hybridized carbons (Fsp3) is 0.152. The number of aryl methyl sites for hydroxylation is 2. The zero-order valence-electron chi connectivity index (χ0n) is 25.5. The van der Waals surface area contributed by atoms with Gasteiger partial charge >= 0.3 is 6.18 Å². The van der Waals surface area contributed by atoms with Gasteiger partial charge in [0.15, 0.2) is 11.3 Å². The second-order valence-electron chi connectivity index (χ2n) is 11.0. The van der Waals surface area contributed by atoms with Crippen LogP contribution in [0.15, 0.2) is 67.0 Å². The van der Waals surface area contributed by atoms with Crippen LogP contribution in [0.5, 0.6) is 0 Å². The largest absolute Gasteiger partial charge is 0.433 e. The van der Waals surface area contributed by atoms with Crippen molar-refractivity contribution in [2.45, 2.75) is 33.0 Å². The van der Waals surface area contributed by atoms with Crippen LogP contribution in [0.25, 0.3) is 49.0 Å². The zero-order valence-corrected chi connectivity index (χ0v) is 26.3. The van der Waals surface area contributed by atoms with Crippen molar-refractivity contribution in [3.63, 3.8) is 0 Å². The Bertz CT molecular complexity index is 2460. The van der Waals surface area contributed by atoms with E-state index >= 15 is 0 Å². The van der Waals surface area contributed by atoms with E-state index in [0.717, 1.165) is 23.7 Å². The second-order valence-corrected chi connectivity index (χ2v) is 12.0. The van der Waals surface area contributed by atoms with Crippen LogP contribution in [0.2, 0.25) is 0 Å². The number of alkyl halides is 5. The molecule has 0 saturated carbocycles. The van der Waals surface area contributed by atoms with Gasteiger partial charge in [0, 0.05) is 29.3 Å². The maximum atomic E-state index is 14.4. The minimum Gasteiger partial charge on any atom is -0.365 e. The van der Waals surface area contributed by atoms with E-state index in [1.165, 1.54) is 0 Å². The number of thiophene rings is 1. The number of pyridine rings is 1. The van der Waals surface area contributed by atoms with Crippen LogP contribution >= 0.6 is 11.3 Å². The van der Waals surface area contributed by atoms with Crippen molar-refractivity contribution in [3.8, 4) is 22.4 Å². The van der Waals surface area contributed by atoms with E-state index < -0.39 is 41.5 Å². The highest BCUT2D eigenvalue weighted by Crippen LogP contribution is 2.43. The Morgan fingerprint density at radius 2 is 1.78 bits per heavy atom. The molecule has 2 aromatic carbocycles. The molecule has 0 radical (unpaired) electrons. The van der Waals surface area contributed by atoms with Crippen LogP contribution in [-0.2, 0) is 12.7 Å². The quantitative estimate of drug-likeness (QED) is 0.165. The molecule has 49 heavy (non-hydrogen) atoms. The van der Waals surface area contributed by atoms with Crippen LogP contribution < -0.4 is 11.1 Å². The number of nitrogens with two attached hydrogens (primary N) is 1. The highest BCUT2D eigenvalue weighted by molar-refractivity contribution is 7.21. The number of hydrogen-bond donors (Lipinski definition) is 2. The van der Waals surface area contributed by atoms with E-state index in [4.69, 9.17) is 5.73 Å². The average Bonchev–Trinajstić information content (AvgIpc) is 3.78. The van der Waals surface area contributed by atoms with Crippen LogP contribution in [0, 0.1) is 6.92 Å². The maximum absolute atomic E-state index is 14.4. The van der Waals surface area contributed by atoms with Gasteiger partial charge < -0.3 is 11.1 Å². The van der Waals surface area contributed by atoms with Gasteiger partial charge in [-0.2, -0.15) is 23.4 Å². The maximum Gasteiger partial charge on any atom is 0.433 e. The lowest BCUT2D eigenvalue weighted by Crippen LogP contribution is -2.18. The molecule has 0 fully saturated rings. The molecule has 2 amide bonds. The van der Waals surface area contributed by atoms with Crippen molar-refractivity contribution in [2.24, 2.45) is 5.73 Å². The third-order valence-electron chi connectivity index (χ3n) is 8.00. The number of nitrogens with zero attached hydrogens (tertiary/aromatic N) is 6. The number of fused-ring (bicyclic) bond motifs is 3. The number of anilines is 1. The molecule has 0 aliphatic carbocycles. The van der Waals surface area contributed by atoms with Gasteiger partial charge in [0.25, 0.3) is 18.2 Å². The molecule has 7 aromatic rings. The number of aromatic nitrogens is 6. The summed E-state index contributed by atoms with van der Waals surface area (Å²) in [5.74, 6) is -1.96. The second kappa shape index (κ2) is 11.7. The summed E-state index contributed by atoms with van der Waals surface area (Å²) in [6, 6.07) is 14.2. The smallest absolute Gasteiger partial charge is 0.365 e. The number of halogens is 5. The van der Waals surface area contributed by atoms with Gasteiger partial charge in [-0.05, 0) is 42.3 Å². The number of nitrogens with one attached hydrogen (secondary N) is 1. The van der Waals surface area contributed by atoms with Crippen molar-refractivity contribution < 1.29 is 31.5 Å². The topological polar surface area (TPSA) is 133 Å². The molecule has 3 N–H and O–H groups in total. The first kappa shape index (κ1) is 31.8.